The van der Waals surface area contributed by atoms with Crippen LogP contribution >= 0.6 is 0 Å². The molecule has 1 aromatic carbocycles. The average Bonchev–Trinajstić information content (AvgIpc) is 3.11. The van der Waals surface area contributed by atoms with Gasteiger partial charge in [-0.2, -0.15) is 0 Å². The number of benzene rings is 1. The molecule has 0 bridgehead atoms. The van der Waals surface area contributed by atoms with Crippen molar-refractivity contribution in [3.05, 3.63) is 29.3 Å². The van der Waals surface area contributed by atoms with E-state index in [1.165, 1.54) is 5.56 Å². The summed E-state index contributed by atoms with van der Waals surface area (Å²) in [5.74, 6) is 6.76. The van der Waals surface area contributed by atoms with Gasteiger partial charge in [0.25, 0.3) is 0 Å². The Kier molecular flexibility index (Phi) is 2.99. The van der Waals surface area contributed by atoms with E-state index in [1.807, 2.05) is 18.2 Å². The van der Waals surface area contributed by atoms with Crippen molar-refractivity contribution in [2.45, 2.75) is 24.9 Å². The zero-order valence-corrected chi connectivity index (χ0v) is 10.2. The number of hydrogen-bond donors (Lipinski definition) is 2. The van der Waals surface area contributed by atoms with Crippen molar-refractivity contribution in [3.63, 3.8) is 0 Å². The smallest absolute Gasteiger partial charge is 0.117 e. The minimum Gasteiger partial charge on any atom is -0.398 e. The summed E-state index contributed by atoms with van der Waals surface area (Å²) in [4.78, 5) is 0. The molecule has 94 valence electrons. The minimum absolute atomic E-state index is 0.377. The lowest BCUT2D eigenvalue weighted by molar-refractivity contribution is 0.00842. The van der Waals surface area contributed by atoms with Gasteiger partial charge in [-0.15, -0.1) is 0 Å². The number of nitrogens with two attached hydrogens (primary N) is 1. The highest BCUT2D eigenvalue weighted by Crippen LogP contribution is 2.32. The van der Waals surface area contributed by atoms with E-state index in [4.69, 9.17) is 10.5 Å². The number of aliphatic hydroxyl groups excluding tert-OH is 1. The molecule has 1 saturated carbocycles. The van der Waals surface area contributed by atoms with E-state index in [2.05, 4.69) is 11.8 Å². The Morgan fingerprint density at radius 3 is 2.72 bits per heavy atom. The summed E-state index contributed by atoms with van der Waals surface area (Å²) >= 11 is 0. The topological polar surface area (TPSA) is 55.5 Å². The SMILES string of the molecule is Nc1ccc(C2COC2)cc1C#CC(O)C1CC1. The molecule has 3 N–H and O–H groups in total. The number of rotatable bonds is 2. The summed E-state index contributed by atoms with van der Waals surface area (Å²) in [6.07, 6.45) is 1.68. The van der Waals surface area contributed by atoms with Crippen molar-refractivity contribution >= 4 is 5.69 Å². The molecular formula is C15H17NO2. The zero-order valence-electron chi connectivity index (χ0n) is 10.2. The maximum Gasteiger partial charge on any atom is 0.117 e. The molecule has 1 heterocycles. The molecule has 1 saturated heterocycles. The first-order valence-corrected chi connectivity index (χ1v) is 6.41. The largest absolute Gasteiger partial charge is 0.398 e. The molecule has 0 amide bonds. The van der Waals surface area contributed by atoms with Gasteiger partial charge < -0.3 is 15.6 Å². The summed E-state index contributed by atoms with van der Waals surface area (Å²) in [5.41, 5.74) is 8.63. The van der Waals surface area contributed by atoms with Crippen LogP contribution in [-0.4, -0.2) is 24.4 Å². The summed E-state index contributed by atoms with van der Waals surface area (Å²) in [6.45, 7) is 1.56. The Morgan fingerprint density at radius 2 is 2.11 bits per heavy atom. The van der Waals surface area contributed by atoms with E-state index in [0.717, 1.165) is 31.6 Å². The monoisotopic (exact) mass is 243 g/mol. The zero-order chi connectivity index (χ0) is 12.5. The first kappa shape index (κ1) is 11.6. The normalized spacial score (nSPS) is 20.7. The third kappa shape index (κ3) is 2.35. The van der Waals surface area contributed by atoms with Gasteiger partial charge in [0, 0.05) is 17.2 Å². The second-order valence-corrected chi connectivity index (χ2v) is 5.13. The fraction of sp³-hybridized carbons (Fsp3) is 0.467. The number of aliphatic hydroxyl groups is 1. The Hall–Kier alpha value is -1.50. The Labute approximate surface area is 107 Å². The molecule has 1 atom stereocenters. The highest BCUT2D eigenvalue weighted by molar-refractivity contribution is 5.57. The molecule has 3 heteroatoms. The van der Waals surface area contributed by atoms with Gasteiger partial charge in [0.2, 0.25) is 0 Å². The van der Waals surface area contributed by atoms with Crippen LogP contribution < -0.4 is 5.73 Å². The van der Waals surface area contributed by atoms with Gasteiger partial charge in [0.15, 0.2) is 0 Å². The number of anilines is 1. The van der Waals surface area contributed by atoms with Crippen LogP contribution in [0.4, 0.5) is 5.69 Å². The van der Waals surface area contributed by atoms with Crippen LogP contribution in [0.15, 0.2) is 18.2 Å². The van der Waals surface area contributed by atoms with Crippen molar-refractivity contribution in [1.29, 1.82) is 0 Å². The molecule has 3 nitrogen and oxygen atoms in total. The van der Waals surface area contributed by atoms with E-state index in [0.29, 0.717) is 17.5 Å². The van der Waals surface area contributed by atoms with Crippen molar-refractivity contribution in [2.75, 3.05) is 18.9 Å². The maximum absolute atomic E-state index is 9.74. The molecule has 0 radical (unpaired) electrons. The van der Waals surface area contributed by atoms with Crippen molar-refractivity contribution in [2.24, 2.45) is 5.92 Å². The number of nitrogen functional groups attached to an aromatic ring is 1. The average molecular weight is 243 g/mol. The quantitative estimate of drug-likeness (QED) is 0.611. The number of ether oxygens (including phenoxy) is 1. The second kappa shape index (κ2) is 4.64. The lowest BCUT2D eigenvalue weighted by Gasteiger charge is -2.26. The van der Waals surface area contributed by atoms with Gasteiger partial charge in [0.05, 0.1) is 13.2 Å². The van der Waals surface area contributed by atoms with Crippen LogP contribution in [0.1, 0.15) is 29.9 Å². The maximum atomic E-state index is 9.74. The Balaban J connectivity index is 1.80. The third-order valence-corrected chi connectivity index (χ3v) is 3.61. The van der Waals surface area contributed by atoms with E-state index in [-0.39, 0.29) is 0 Å². The first-order valence-electron chi connectivity index (χ1n) is 6.41. The van der Waals surface area contributed by atoms with Crippen molar-refractivity contribution in [1.82, 2.24) is 0 Å². The fourth-order valence-electron chi connectivity index (χ4n) is 2.05. The lowest BCUT2D eigenvalue weighted by Crippen LogP contribution is -2.25. The molecule has 1 unspecified atom stereocenters. The standard InChI is InChI=1S/C15H17NO2/c16-14-5-3-11(13-8-18-9-13)7-12(14)4-6-15(17)10-1-2-10/h3,5,7,10,13,15,17H,1-2,8-9,16H2. The van der Waals surface area contributed by atoms with Crippen LogP contribution in [0.25, 0.3) is 0 Å². The van der Waals surface area contributed by atoms with Gasteiger partial charge in [-0.05, 0) is 36.5 Å². The van der Waals surface area contributed by atoms with Crippen LogP contribution in [-0.2, 0) is 4.74 Å². The lowest BCUT2D eigenvalue weighted by atomic mass is 9.95. The predicted molar refractivity (Wildman–Crippen MR) is 70.0 cm³/mol. The molecule has 2 fully saturated rings. The molecule has 0 aromatic heterocycles. The van der Waals surface area contributed by atoms with Crippen molar-refractivity contribution in [3.8, 4) is 11.8 Å². The summed E-state index contributed by atoms with van der Waals surface area (Å²) < 4.78 is 5.19. The summed E-state index contributed by atoms with van der Waals surface area (Å²) in [5, 5.41) is 9.74. The van der Waals surface area contributed by atoms with E-state index >= 15 is 0 Å². The number of hydrogen-bond acceptors (Lipinski definition) is 3. The first-order chi connectivity index (χ1) is 8.74. The molecule has 1 aliphatic heterocycles. The van der Waals surface area contributed by atoms with Crippen LogP contribution in [0.2, 0.25) is 0 Å². The molecule has 1 aliphatic carbocycles. The molecule has 2 aliphatic rings. The fourth-order valence-corrected chi connectivity index (χ4v) is 2.05. The molecule has 18 heavy (non-hydrogen) atoms. The third-order valence-electron chi connectivity index (χ3n) is 3.61. The highest BCUT2D eigenvalue weighted by Gasteiger charge is 2.28. The van der Waals surface area contributed by atoms with Gasteiger partial charge in [-0.3, -0.25) is 0 Å². The highest BCUT2D eigenvalue weighted by atomic mass is 16.5. The van der Waals surface area contributed by atoms with E-state index in [1.54, 1.807) is 0 Å². The van der Waals surface area contributed by atoms with Gasteiger partial charge in [-0.1, -0.05) is 17.9 Å². The molecular weight excluding hydrogens is 226 g/mol. The van der Waals surface area contributed by atoms with Gasteiger partial charge >= 0.3 is 0 Å². The Bertz CT molecular complexity index is 507. The van der Waals surface area contributed by atoms with Crippen LogP contribution in [0.5, 0.6) is 0 Å². The van der Waals surface area contributed by atoms with Gasteiger partial charge in [0.1, 0.15) is 6.10 Å². The van der Waals surface area contributed by atoms with E-state index < -0.39 is 6.10 Å². The van der Waals surface area contributed by atoms with E-state index in [9.17, 15) is 5.11 Å². The molecule has 0 spiro atoms. The van der Waals surface area contributed by atoms with Gasteiger partial charge in [-0.25, -0.2) is 0 Å². The second-order valence-electron chi connectivity index (χ2n) is 5.13. The predicted octanol–water partition coefficient (Wildman–Crippen LogP) is 1.51. The minimum atomic E-state index is -0.500. The molecule has 3 rings (SSSR count). The van der Waals surface area contributed by atoms with Crippen molar-refractivity contribution < 1.29 is 9.84 Å². The molecule has 1 aromatic rings. The summed E-state index contributed by atoms with van der Waals surface area (Å²) in [6, 6.07) is 5.95. The van der Waals surface area contributed by atoms with Crippen LogP contribution in [0, 0.1) is 17.8 Å². The summed E-state index contributed by atoms with van der Waals surface area (Å²) in [7, 11) is 0. The van der Waals surface area contributed by atoms with Crippen LogP contribution in [0.3, 0.4) is 0 Å². The Morgan fingerprint density at radius 1 is 1.33 bits per heavy atom.